The van der Waals surface area contributed by atoms with Crippen molar-refractivity contribution < 1.29 is 9.53 Å². The van der Waals surface area contributed by atoms with Gasteiger partial charge >= 0.3 is 0 Å². The fourth-order valence-electron chi connectivity index (χ4n) is 2.92. The molecule has 2 N–H and O–H groups in total. The Labute approximate surface area is 173 Å². The number of benzene rings is 1. The molecule has 0 aliphatic rings. The van der Waals surface area contributed by atoms with Crippen LogP contribution in [0.15, 0.2) is 35.3 Å². The molecule has 0 saturated carbocycles. The Kier molecular flexibility index (Phi) is 8.51. The number of nitrogens with zero attached hydrogens (tertiary/aromatic N) is 4. The second kappa shape index (κ2) is 11.1. The average molecular weight is 401 g/mol. The molecular weight excluding hydrogens is 368 g/mol. The van der Waals surface area contributed by atoms with E-state index in [1.165, 1.54) is 5.56 Å². The van der Waals surface area contributed by atoms with E-state index in [0.717, 1.165) is 24.1 Å². The minimum Gasteiger partial charge on any atom is -0.481 e. The molecule has 0 spiro atoms. The summed E-state index contributed by atoms with van der Waals surface area (Å²) >= 11 is 0. The molecule has 1 aromatic heterocycles. The SMILES string of the molecule is CCc1nn(C)c(OC)c1CN=C(NCCc1ccccc1)NCC(=O)N(C)C. The Balaban J connectivity index is 2.09. The Hall–Kier alpha value is -3.03. The van der Waals surface area contributed by atoms with Crippen LogP contribution in [0.25, 0.3) is 0 Å². The number of carbonyl (C=O) groups is 1. The van der Waals surface area contributed by atoms with Gasteiger partial charge in [0.25, 0.3) is 0 Å². The van der Waals surface area contributed by atoms with Crippen LogP contribution in [0.5, 0.6) is 5.88 Å². The normalized spacial score (nSPS) is 11.3. The molecule has 0 aliphatic heterocycles. The van der Waals surface area contributed by atoms with E-state index >= 15 is 0 Å². The summed E-state index contributed by atoms with van der Waals surface area (Å²) in [7, 11) is 6.96. The molecule has 0 aliphatic carbocycles. The van der Waals surface area contributed by atoms with E-state index in [1.807, 2.05) is 25.2 Å². The topological polar surface area (TPSA) is 83.8 Å². The standard InChI is InChI=1S/C21H32N6O2/c1-6-18-17(20(29-5)27(4)25-18)14-23-21(24-15-19(28)26(2)3)22-13-12-16-10-8-7-9-11-16/h7-11H,6,12-15H2,1-5H3,(H2,22,23,24). The number of aliphatic imine (C=N–C) groups is 1. The number of guanidine groups is 1. The van der Waals surface area contributed by atoms with E-state index in [2.05, 4.69) is 39.8 Å². The Morgan fingerprint density at radius 2 is 1.97 bits per heavy atom. The van der Waals surface area contributed by atoms with Crippen molar-refractivity contribution in [3.05, 3.63) is 47.2 Å². The highest BCUT2D eigenvalue weighted by atomic mass is 16.5. The summed E-state index contributed by atoms with van der Waals surface area (Å²) in [5.74, 6) is 1.28. The summed E-state index contributed by atoms with van der Waals surface area (Å²) in [5.41, 5.74) is 3.16. The molecule has 1 heterocycles. The van der Waals surface area contributed by atoms with Crippen LogP contribution >= 0.6 is 0 Å². The number of nitrogens with one attached hydrogen (secondary N) is 2. The van der Waals surface area contributed by atoms with E-state index in [4.69, 9.17) is 4.74 Å². The number of ether oxygens (including phenoxy) is 1. The Bertz CT molecular complexity index is 814. The maximum Gasteiger partial charge on any atom is 0.241 e. The zero-order chi connectivity index (χ0) is 21.2. The smallest absolute Gasteiger partial charge is 0.241 e. The molecular formula is C21H32N6O2. The van der Waals surface area contributed by atoms with Crippen molar-refractivity contribution in [1.29, 1.82) is 0 Å². The quantitative estimate of drug-likeness (QED) is 0.490. The van der Waals surface area contributed by atoms with E-state index in [-0.39, 0.29) is 12.5 Å². The Morgan fingerprint density at radius 3 is 2.59 bits per heavy atom. The highest BCUT2D eigenvalue weighted by Crippen LogP contribution is 2.22. The summed E-state index contributed by atoms with van der Waals surface area (Å²) in [4.78, 5) is 18.2. The van der Waals surface area contributed by atoms with Crippen molar-refractivity contribution >= 4 is 11.9 Å². The van der Waals surface area contributed by atoms with Crippen molar-refractivity contribution in [2.75, 3.05) is 34.3 Å². The molecule has 0 radical (unpaired) electrons. The van der Waals surface area contributed by atoms with Crippen LogP contribution in [0.3, 0.4) is 0 Å². The molecule has 2 aromatic rings. The molecule has 29 heavy (non-hydrogen) atoms. The van der Waals surface area contributed by atoms with Crippen LogP contribution in [-0.4, -0.2) is 60.8 Å². The predicted molar refractivity (Wildman–Crippen MR) is 115 cm³/mol. The second-order valence-electron chi connectivity index (χ2n) is 6.88. The number of methoxy groups -OCH3 is 1. The number of rotatable bonds is 9. The minimum atomic E-state index is -0.0178. The number of hydrogen-bond donors (Lipinski definition) is 2. The summed E-state index contributed by atoms with van der Waals surface area (Å²) in [6, 6.07) is 10.2. The number of amides is 1. The third-order valence-electron chi connectivity index (χ3n) is 4.55. The average Bonchev–Trinajstić information content (AvgIpc) is 3.04. The van der Waals surface area contributed by atoms with E-state index < -0.39 is 0 Å². The molecule has 1 amide bonds. The van der Waals surface area contributed by atoms with E-state index in [0.29, 0.717) is 24.9 Å². The molecule has 8 heteroatoms. The molecule has 158 valence electrons. The van der Waals surface area contributed by atoms with Gasteiger partial charge in [0, 0.05) is 27.7 Å². The van der Waals surface area contributed by atoms with Crippen molar-refractivity contribution in [2.45, 2.75) is 26.3 Å². The molecule has 0 saturated heterocycles. The lowest BCUT2D eigenvalue weighted by molar-refractivity contribution is -0.127. The lowest BCUT2D eigenvalue weighted by Gasteiger charge is -2.15. The highest BCUT2D eigenvalue weighted by molar-refractivity contribution is 5.86. The zero-order valence-corrected chi connectivity index (χ0v) is 18.0. The van der Waals surface area contributed by atoms with Gasteiger partial charge in [-0.05, 0) is 18.4 Å². The van der Waals surface area contributed by atoms with Crippen molar-refractivity contribution in [3.8, 4) is 5.88 Å². The Morgan fingerprint density at radius 1 is 1.24 bits per heavy atom. The first-order valence-corrected chi connectivity index (χ1v) is 9.81. The van der Waals surface area contributed by atoms with Gasteiger partial charge in [-0.2, -0.15) is 5.10 Å². The van der Waals surface area contributed by atoms with Crippen LogP contribution in [0.4, 0.5) is 0 Å². The molecule has 0 fully saturated rings. The minimum absolute atomic E-state index is 0.0178. The van der Waals surface area contributed by atoms with Gasteiger partial charge in [0.15, 0.2) is 5.96 Å². The maximum atomic E-state index is 12.0. The van der Waals surface area contributed by atoms with Crippen LogP contribution in [-0.2, 0) is 31.2 Å². The van der Waals surface area contributed by atoms with Crippen LogP contribution < -0.4 is 15.4 Å². The first kappa shape index (κ1) is 22.3. The molecule has 1 aromatic carbocycles. The van der Waals surface area contributed by atoms with Gasteiger partial charge in [-0.3, -0.25) is 4.79 Å². The summed E-state index contributed by atoms with van der Waals surface area (Å²) < 4.78 is 7.22. The summed E-state index contributed by atoms with van der Waals surface area (Å²) in [6.07, 6.45) is 1.66. The lowest BCUT2D eigenvalue weighted by Crippen LogP contribution is -2.43. The van der Waals surface area contributed by atoms with Gasteiger partial charge < -0.3 is 20.3 Å². The molecule has 0 unspecified atom stereocenters. The van der Waals surface area contributed by atoms with Gasteiger partial charge in [-0.1, -0.05) is 37.3 Å². The monoisotopic (exact) mass is 400 g/mol. The van der Waals surface area contributed by atoms with Gasteiger partial charge in [-0.15, -0.1) is 0 Å². The first-order valence-electron chi connectivity index (χ1n) is 9.81. The van der Waals surface area contributed by atoms with E-state index in [9.17, 15) is 4.79 Å². The van der Waals surface area contributed by atoms with Crippen molar-refractivity contribution in [3.63, 3.8) is 0 Å². The third kappa shape index (κ3) is 6.51. The van der Waals surface area contributed by atoms with Crippen molar-refractivity contribution in [2.24, 2.45) is 12.0 Å². The van der Waals surface area contributed by atoms with Gasteiger partial charge in [0.05, 0.1) is 31.5 Å². The first-order chi connectivity index (χ1) is 14.0. The second-order valence-corrected chi connectivity index (χ2v) is 6.88. The molecule has 2 rings (SSSR count). The summed E-state index contributed by atoms with van der Waals surface area (Å²) in [5, 5.41) is 10.9. The van der Waals surface area contributed by atoms with E-state index in [1.54, 1.807) is 30.8 Å². The molecule has 0 atom stereocenters. The largest absolute Gasteiger partial charge is 0.481 e. The molecule has 0 bridgehead atoms. The maximum absolute atomic E-state index is 12.0. The number of aryl methyl sites for hydroxylation is 2. The van der Waals surface area contributed by atoms with Gasteiger partial charge in [-0.25, -0.2) is 9.67 Å². The third-order valence-corrected chi connectivity index (χ3v) is 4.55. The number of likely N-dealkylation sites (N-methyl/N-ethyl adjacent to an activating group) is 1. The zero-order valence-electron chi connectivity index (χ0n) is 18.0. The fraction of sp³-hybridized carbons (Fsp3) is 0.476. The van der Waals surface area contributed by atoms with Crippen LogP contribution in [0.1, 0.15) is 23.7 Å². The highest BCUT2D eigenvalue weighted by Gasteiger charge is 2.15. The number of hydrogen-bond acceptors (Lipinski definition) is 4. The van der Waals surface area contributed by atoms with Crippen LogP contribution in [0.2, 0.25) is 0 Å². The number of carbonyl (C=O) groups excluding carboxylic acids is 1. The predicted octanol–water partition coefficient (Wildman–Crippen LogP) is 1.36. The van der Waals surface area contributed by atoms with Crippen LogP contribution in [0, 0.1) is 0 Å². The van der Waals surface area contributed by atoms with Gasteiger partial charge in [0.1, 0.15) is 0 Å². The van der Waals surface area contributed by atoms with Gasteiger partial charge in [0.2, 0.25) is 11.8 Å². The lowest BCUT2D eigenvalue weighted by atomic mass is 10.1. The van der Waals surface area contributed by atoms with Crippen molar-refractivity contribution in [1.82, 2.24) is 25.3 Å². The summed E-state index contributed by atoms with van der Waals surface area (Å²) in [6.45, 7) is 3.35. The fourth-order valence-corrected chi connectivity index (χ4v) is 2.92. The number of aromatic nitrogens is 2. The molecule has 8 nitrogen and oxygen atoms in total.